The fourth-order valence-electron chi connectivity index (χ4n) is 1.19. The summed E-state index contributed by atoms with van der Waals surface area (Å²) in [5.41, 5.74) is 0. The van der Waals surface area contributed by atoms with Crippen molar-refractivity contribution in [1.82, 2.24) is 10.2 Å². The number of rotatable bonds is 6. The van der Waals surface area contributed by atoms with Crippen molar-refractivity contribution in [3.05, 3.63) is 12.2 Å². The Morgan fingerprint density at radius 3 is 2.25 bits per heavy atom. The van der Waals surface area contributed by atoms with Crippen LogP contribution in [0.1, 0.15) is 13.8 Å². The number of aliphatic carboxylic acids is 1. The number of hydrogen-bond acceptors (Lipinski definition) is 3. The van der Waals surface area contributed by atoms with Crippen LogP contribution in [0.5, 0.6) is 0 Å². The molecule has 1 amide bonds. The van der Waals surface area contributed by atoms with Gasteiger partial charge in [-0.05, 0) is 20.0 Å². The zero-order valence-corrected chi connectivity index (χ0v) is 10.2. The summed E-state index contributed by atoms with van der Waals surface area (Å²) in [7, 11) is 3.85. The molecule has 1 unspecified atom stereocenters. The van der Waals surface area contributed by atoms with E-state index in [0.29, 0.717) is 5.92 Å². The molecule has 0 aromatic rings. The van der Waals surface area contributed by atoms with Crippen molar-refractivity contribution in [3.8, 4) is 0 Å². The monoisotopic (exact) mass is 228 g/mol. The molecule has 5 heteroatoms. The van der Waals surface area contributed by atoms with Crippen molar-refractivity contribution < 1.29 is 14.7 Å². The van der Waals surface area contributed by atoms with Crippen molar-refractivity contribution in [2.75, 3.05) is 20.6 Å². The molecule has 2 N–H and O–H groups in total. The molecule has 0 radical (unpaired) electrons. The lowest BCUT2D eigenvalue weighted by atomic mass is 10.0. The quantitative estimate of drug-likeness (QED) is 0.643. The number of carbonyl (C=O) groups excluding carboxylic acids is 1. The van der Waals surface area contributed by atoms with Crippen LogP contribution in [0.4, 0.5) is 0 Å². The van der Waals surface area contributed by atoms with E-state index in [4.69, 9.17) is 5.11 Å². The number of carboxylic acid groups (broad SMARTS) is 1. The van der Waals surface area contributed by atoms with Gasteiger partial charge in [0.15, 0.2) is 0 Å². The number of likely N-dealkylation sites (N-methyl/N-ethyl adjacent to an activating group) is 1. The van der Waals surface area contributed by atoms with Crippen molar-refractivity contribution in [2.45, 2.75) is 19.9 Å². The lowest BCUT2D eigenvalue weighted by Crippen LogP contribution is -2.44. The highest BCUT2D eigenvalue weighted by molar-refractivity contribution is 5.94. The van der Waals surface area contributed by atoms with Crippen LogP contribution in [0.3, 0.4) is 0 Å². The summed E-state index contributed by atoms with van der Waals surface area (Å²) in [6.45, 7) is 4.75. The first-order valence-corrected chi connectivity index (χ1v) is 5.19. The minimum atomic E-state index is -1.12. The van der Waals surface area contributed by atoms with Crippen LogP contribution < -0.4 is 5.32 Å². The topological polar surface area (TPSA) is 69.6 Å². The average Bonchev–Trinajstić information content (AvgIpc) is 2.12. The van der Waals surface area contributed by atoms with Gasteiger partial charge < -0.3 is 15.3 Å². The molecule has 0 fully saturated rings. The summed E-state index contributed by atoms with van der Waals surface area (Å²) in [6, 6.07) is 0.0148. The summed E-state index contributed by atoms with van der Waals surface area (Å²) >= 11 is 0. The second kappa shape index (κ2) is 7.00. The minimum absolute atomic E-state index is 0.0148. The maximum absolute atomic E-state index is 11.4. The Balaban J connectivity index is 4.29. The van der Waals surface area contributed by atoms with E-state index in [1.54, 1.807) is 0 Å². The van der Waals surface area contributed by atoms with Crippen LogP contribution in [0.2, 0.25) is 0 Å². The summed E-state index contributed by atoms with van der Waals surface area (Å²) < 4.78 is 0. The van der Waals surface area contributed by atoms with E-state index >= 15 is 0 Å². The number of nitrogens with zero attached hydrogens (tertiary/aromatic N) is 1. The zero-order chi connectivity index (χ0) is 12.7. The van der Waals surface area contributed by atoms with Crippen LogP contribution in [0.25, 0.3) is 0 Å². The number of nitrogens with one attached hydrogen (secondary N) is 1. The van der Waals surface area contributed by atoms with Crippen LogP contribution in [0.15, 0.2) is 12.2 Å². The lowest BCUT2D eigenvalue weighted by Gasteiger charge is -2.24. The summed E-state index contributed by atoms with van der Waals surface area (Å²) in [6.07, 6.45) is 1.87. The molecule has 0 aliphatic rings. The highest BCUT2D eigenvalue weighted by atomic mass is 16.4. The molecule has 0 aromatic carbocycles. The number of hydrogen-bond donors (Lipinski definition) is 2. The SMILES string of the molecule is CC(C)C(CN(C)C)NC(=O)C=CC(=O)O. The molecule has 0 aromatic heterocycles. The highest BCUT2D eigenvalue weighted by Gasteiger charge is 2.15. The average molecular weight is 228 g/mol. The first kappa shape index (κ1) is 14.6. The third-order valence-corrected chi connectivity index (χ3v) is 2.07. The Bertz CT molecular complexity index is 272. The molecule has 0 rings (SSSR count). The van der Waals surface area contributed by atoms with Gasteiger partial charge in [0.25, 0.3) is 0 Å². The number of carbonyl (C=O) groups is 2. The molecule has 0 bridgehead atoms. The van der Waals surface area contributed by atoms with Gasteiger partial charge in [-0.3, -0.25) is 4.79 Å². The van der Waals surface area contributed by atoms with Crippen molar-refractivity contribution in [2.24, 2.45) is 5.92 Å². The Kier molecular flexibility index (Phi) is 6.41. The molecule has 0 saturated heterocycles. The third kappa shape index (κ3) is 7.00. The van der Waals surface area contributed by atoms with Crippen molar-refractivity contribution in [3.63, 3.8) is 0 Å². The van der Waals surface area contributed by atoms with Crippen LogP contribution in [-0.2, 0) is 9.59 Å². The van der Waals surface area contributed by atoms with E-state index in [2.05, 4.69) is 5.32 Å². The minimum Gasteiger partial charge on any atom is -0.478 e. The first-order chi connectivity index (χ1) is 7.32. The summed E-state index contributed by atoms with van der Waals surface area (Å²) in [4.78, 5) is 23.6. The standard InChI is InChI=1S/C11H20N2O3/c1-8(2)9(7-13(3)4)12-10(14)5-6-11(15)16/h5-6,8-9H,7H2,1-4H3,(H,12,14)(H,15,16). The molecule has 92 valence electrons. The molecule has 0 saturated carbocycles. The molecule has 0 heterocycles. The van der Waals surface area contributed by atoms with Crippen molar-refractivity contribution in [1.29, 1.82) is 0 Å². The molecule has 1 atom stereocenters. The van der Waals surface area contributed by atoms with Gasteiger partial charge in [0.2, 0.25) is 5.91 Å². The number of carboxylic acids is 1. The van der Waals surface area contributed by atoms with Gasteiger partial charge >= 0.3 is 5.97 Å². The first-order valence-electron chi connectivity index (χ1n) is 5.19. The maximum Gasteiger partial charge on any atom is 0.328 e. The molecular weight excluding hydrogens is 208 g/mol. The van der Waals surface area contributed by atoms with Crippen LogP contribution >= 0.6 is 0 Å². The second-order valence-electron chi connectivity index (χ2n) is 4.29. The normalized spacial score (nSPS) is 13.4. The summed E-state index contributed by atoms with van der Waals surface area (Å²) in [5, 5.41) is 11.1. The van der Waals surface area contributed by atoms with E-state index in [1.807, 2.05) is 32.8 Å². The third-order valence-electron chi connectivity index (χ3n) is 2.07. The fourth-order valence-corrected chi connectivity index (χ4v) is 1.19. The van der Waals surface area contributed by atoms with Crippen molar-refractivity contribution >= 4 is 11.9 Å². The number of amides is 1. The Hall–Kier alpha value is -1.36. The van der Waals surface area contributed by atoms with Gasteiger partial charge in [-0.15, -0.1) is 0 Å². The van der Waals surface area contributed by atoms with Gasteiger partial charge in [0.05, 0.1) is 0 Å². The molecule has 0 spiro atoms. The van der Waals surface area contributed by atoms with E-state index in [9.17, 15) is 9.59 Å². The van der Waals surface area contributed by atoms with Gasteiger partial charge in [0.1, 0.15) is 0 Å². The van der Waals surface area contributed by atoms with E-state index < -0.39 is 5.97 Å². The van der Waals surface area contributed by atoms with Crippen LogP contribution in [-0.4, -0.2) is 48.6 Å². The zero-order valence-electron chi connectivity index (χ0n) is 10.2. The van der Waals surface area contributed by atoms with Gasteiger partial charge in [-0.1, -0.05) is 13.8 Å². The van der Waals surface area contributed by atoms with Gasteiger partial charge in [0, 0.05) is 24.7 Å². The predicted octanol–water partition coefficient (Wildman–Crippen LogP) is 0.330. The van der Waals surface area contributed by atoms with E-state index in [-0.39, 0.29) is 11.9 Å². The second-order valence-corrected chi connectivity index (χ2v) is 4.29. The molecule has 16 heavy (non-hydrogen) atoms. The Morgan fingerprint density at radius 1 is 1.31 bits per heavy atom. The van der Waals surface area contributed by atoms with E-state index in [0.717, 1.165) is 18.7 Å². The lowest BCUT2D eigenvalue weighted by molar-refractivity contribution is -0.131. The largest absolute Gasteiger partial charge is 0.478 e. The molecule has 5 nitrogen and oxygen atoms in total. The maximum atomic E-state index is 11.4. The highest BCUT2D eigenvalue weighted by Crippen LogP contribution is 2.02. The smallest absolute Gasteiger partial charge is 0.328 e. The van der Waals surface area contributed by atoms with E-state index in [1.165, 1.54) is 0 Å². The predicted molar refractivity (Wildman–Crippen MR) is 62.1 cm³/mol. The Morgan fingerprint density at radius 2 is 1.88 bits per heavy atom. The van der Waals surface area contributed by atoms with Gasteiger partial charge in [-0.2, -0.15) is 0 Å². The molecule has 0 aliphatic heterocycles. The Labute approximate surface area is 96.1 Å². The van der Waals surface area contributed by atoms with Gasteiger partial charge in [-0.25, -0.2) is 4.79 Å². The molecular formula is C11H20N2O3. The fraction of sp³-hybridized carbons (Fsp3) is 0.636. The van der Waals surface area contributed by atoms with Crippen LogP contribution in [0, 0.1) is 5.92 Å². The molecule has 0 aliphatic carbocycles. The summed E-state index contributed by atoms with van der Waals surface area (Å²) in [5.74, 6) is -1.20.